The molecule has 0 aliphatic carbocycles. The van der Waals surface area contributed by atoms with Gasteiger partial charge in [0, 0.05) is 16.0 Å². The maximum Gasteiger partial charge on any atom is 0.0720 e. The summed E-state index contributed by atoms with van der Waals surface area (Å²) in [5.41, 5.74) is 3.31. The molecule has 1 N–H and O–H groups in total. The lowest BCUT2D eigenvalue weighted by molar-refractivity contribution is -0.432. The fourth-order valence-corrected chi connectivity index (χ4v) is 3.20. The van der Waals surface area contributed by atoms with Crippen molar-refractivity contribution in [2.75, 3.05) is 0 Å². The second kappa shape index (κ2) is 4.86. The first-order valence-corrected chi connectivity index (χ1v) is 7.06. The van der Waals surface area contributed by atoms with Crippen LogP contribution in [0.2, 0.25) is 0 Å². The third kappa shape index (κ3) is 1.94. The monoisotopic (exact) mass is 289 g/mol. The van der Waals surface area contributed by atoms with Crippen LogP contribution in [0.3, 0.4) is 0 Å². The normalized spacial score (nSPS) is 16.3. The zero-order chi connectivity index (χ0) is 14.3. The molecule has 20 heavy (non-hydrogen) atoms. The van der Waals surface area contributed by atoms with E-state index in [-0.39, 0.29) is 5.41 Å². The molecule has 0 fully saturated rings. The number of aliphatic imine (C=N–C) groups is 1. The predicted molar refractivity (Wildman–Crippen MR) is 80.4 cm³/mol. The summed E-state index contributed by atoms with van der Waals surface area (Å²) in [6.07, 6.45) is 0. The van der Waals surface area contributed by atoms with E-state index in [1.807, 2.05) is 24.3 Å². The van der Waals surface area contributed by atoms with Crippen LogP contribution in [0.5, 0.6) is 0 Å². The molecule has 1 aliphatic heterocycles. The first-order chi connectivity index (χ1) is 9.55. The summed E-state index contributed by atoms with van der Waals surface area (Å²) in [4.78, 5) is 5.55. The summed E-state index contributed by atoms with van der Waals surface area (Å²) < 4.78 is 4.56. The molecule has 4 nitrogen and oxygen atoms in total. The quantitative estimate of drug-likeness (QED) is 0.507. The molecule has 0 saturated carbocycles. The molecule has 0 radical (unpaired) electrons. The highest BCUT2D eigenvalue weighted by Crippen LogP contribution is 2.45. The molecule has 0 unspecified atom stereocenters. The molecule has 3 rings (SSSR count). The largest absolute Gasteiger partial charge is 0.257 e. The minimum atomic E-state index is -0.0769. The highest BCUT2D eigenvalue weighted by Gasteiger charge is 2.33. The number of rotatable bonds is 3. The standard InChI is InChI=1S/C15H15NO3S/c1-9-15(2,3)14-11-5-4-6-13(20-19-18-17)10(11)7-8-12(14)16-9/h4-8,17H,1-3H3. The lowest BCUT2D eigenvalue weighted by Crippen LogP contribution is -2.22. The maximum absolute atomic E-state index is 8.31. The molecule has 2 aromatic carbocycles. The Labute approximate surface area is 121 Å². The van der Waals surface area contributed by atoms with E-state index in [2.05, 4.69) is 41.2 Å². The van der Waals surface area contributed by atoms with E-state index in [1.165, 1.54) is 5.56 Å². The van der Waals surface area contributed by atoms with Crippen LogP contribution in [0.4, 0.5) is 5.69 Å². The Balaban J connectivity index is 2.23. The molecular formula is C15H15NO3S. The van der Waals surface area contributed by atoms with Crippen LogP contribution in [0, 0.1) is 0 Å². The molecule has 0 atom stereocenters. The van der Waals surface area contributed by atoms with Gasteiger partial charge in [-0.05, 0) is 35.4 Å². The third-order valence-electron chi connectivity index (χ3n) is 3.97. The number of nitrogens with zero attached hydrogens (tertiary/aromatic N) is 1. The molecular weight excluding hydrogens is 274 g/mol. The Morgan fingerprint density at radius 2 is 1.95 bits per heavy atom. The first kappa shape index (κ1) is 13.6. The molecule has 0 saturated heterocycles. The van der Waals surface area contributed by atoms with Gasteiger partial charge >= 0.3 is 0 Å². The summed E-state index contributed by atoms with van der Waals surface area (Å²) in [7, 11) is 0. The van der Waals surface area contributed by atoms with Gasteiger partial charge in [0.1, 0.15) is 0 Å². The summed E-state index contributed by atoms with van der Waals surface area (Å²) in [6.45, 7) is 6.43. The Morgan fingerprint density at radius 3 is 2.70 bits per heavy atom. The van der Waals surface area contributed by atoms with Gasteiger partial charge in [0.15, 0.2) is 0 Å². The van der Waals surface area contributed by atoms with Crippen molar-refractivity contribution in [1.29, 1.82) is 0 Å². The Morgan fingerprint density at radius 1 is 1.15 bits per heavy atom. The van der Waals surface area contributed by atoms with Gasteiger partial charge in [-0.3, -0.25) is 4.99 Å². The van der Waals surface area contributed by atoms with Gasteiger partial charge in [-0.25, -0.2) is 5.26 Å². The molecule has 1 aliphatic rings. The number of hydrogen-bond donors (Lipinski definition) is 1. The number of fused-ring (bicyclic) bond motifs is 3. The van der Waals surface area contributed by atoms with Crippen LogP contribution in [0.15, 0.2) is 40.2 Å². The van der Waals surface area contributed by atoms with Crippen molar-refractivity contribution in [3.63, 3.8) is 0 Å². The van der Waals surface area contributed by atoms with Gasteiger partial charge in [-0.2, -0.15) is 0 Å². The van der Waals surface area contributed by atoms with E-state index in [0.717, 1.165) is 39.1 Å². The average molecular weight is 289 g/mol. The lowest BCUT2D eigenvalue weighted by Gasteiger charge is -2.22. The Kier molecular flexibility index (Phi) is 3.30. The topological polar surface area (TPSA) is 51.0 Å². The minimum Gasteiger partial charge on any atom is -0.257 e. The van der Waals surface area contributed by atoms with E-state index in [9.17, 15) is 0 Å². The summed E-state index contributed by atoms with van der Waals surface area (Å²) in [6, 6.07) is 10.0. The molecule has 1 heterocycles. The van der Waals surface area contributed by atoms with E-state index in [1.54, 1.807) is 0 Å². The molecule has 0 amide bonds. The van der Waals surface area contributed by atoms with Crippen molar-refractivity contribution in [2.24, 2.45) is 4.99 Å². The predicted octanol–water partition coefficient (Wildman–Crippen LogP) is 4.65. The number of benzene rings is 2. The van der Waals surface area contributed by atoms with Gasteiger partial charge in [0.2, 0.25) is 0 Å². The first-order valence-electron chi connectivity index (χ1n) is 6.32. The fraction of sp³-hybridized carbons (Fsp3) is 0.267. The third-order valence-corrected chi connectivity index (χ3v) is 4.64. The van der Waals surface area contributed by atoms with Gasteiger partial charge in [-0.15, -0.1) is 4.33 Å². The van der Waals surface area contributed by atoms with Crippen molar-refractivity contribution in [3.8, 4) is 0 Å². The van der Waals surface area contributed by atoms with Crippen molar-refractivity contribution in [1.82, 2.24) is 0 Å². The Hall–Kier alpha value is -1.40. The SMILES string of the molecule is CC1=Nc2ccc3c(SOOO)cccc3c2C1(C)C. The van der Waals surface area contributed by atoms with Crippen LogP contribution in [0.25, 0.3) is 10.8 Å². The van der Waals surface area contributed by atoms with Crippen molar-refractivity contribution in [2.45, 2.75) is 31.1 Å². The van der Waals surface area contributed by atoms with Gasteiger partial charge < -0.3 is 0 Å². The second-order valence-corrected chi connectivity index (χ2v) is 6.10. The van der Waals surface area contributed by atoms with Gasteiger partial charge in [0.25, 0.3) is 0 Å². The summed E-state index contributed by atoms with van der Waals surface area (Å²) in [5.74, 6) is 0. The van der Waals surface area contributed by atoms with Crippen LogP contribution in [-0.2, 0) is 14.8 Å². The molecule has 0 spiro atoms. The minimum absolute atomic E-state index is 0.0769. The van der Waals surface area contributed by atoms with Crippen LogP contribution < -0.4 is 0 Å². The van der Waals surface area contributed by atoms with Crippen molar-refractivity contribution in [3.05, 3.63) is 35.9 Å². The second-order valence-electron chi connectivity index (χ2n) is 5.36. The highest BCUT2D eigenvalue weighted by atomic mass is 32.2. The molecule has 104 valence electrons. The smallest absolute Gasteiger partial charge is 0.0720 e. The molecule has 0 bridgehead atoms. The molecule has 5 heteroatoms. The van der Waals surface area contributed by atoms with Crippen molar-refractivity contribution >= 4 is 34.2 Å². The molecule has 2 aromatic rings. The van der Waals surface area contributed by atoms with Gasteiger partial charge in [-0.1, -0.05) is 37.1 Å². The van der Waals surface area contributed by atoms with E-state index < -0.39 is 0 Å². The van der Waals surface area contributed by atoms with Crippen molar-refractivity contribution < 1.29 is 14.6 Å². The zero-order valence-electron chi connectivity index (χ0n) is 11.5. The highest BCUT2D eigenvalue weighted by molar-refractivity contribution is 7.94. The average Bonchev–Trinajstić information content (AvgIpc) is 2.67. The van der Waals surface area contributed by atoms with Crippen LogP contribution in [0.1, 0.15) is 26.3 Å². The van der Waals surface area contributed by atoms with E-state index in [0.29, 0.717) is 0 Å². The van der Waals surface area contributed by atoms with Crippen LogP contribution in [-0.4, -0.2) is 11.0 Å². The number of hydrogen-bond acceptors (Lipinski definition) is 5. The van der Waals surface area contributed by atoms with E-state index >= 15 is 0 Å². The zero-order valence-corrected chi connectivity index (χ0v) is 12.3. The molecule has 0 aromatic heterocycles. The summed E-state index contributed by atoms with van der Waals surface area (Å²) >= 11 is 0.987. The van der Waals surface area contributed by atoms with Gasteiger partial charge in [0.05, 0.1) is 17.7 Å². The lowest BCUT2D eigenvalue weighted by atomic mass is 9.80. The fourth-order valence-electron chi connectivity index (χ4n) is 2.69. The van der Waals surface area contributed by atoms with Crippen LogP contribution >= 0.6 is 12.0 Å². The Bertz CT molecular complexity index is 710. The van der Waals surface area contributed by atoms with E-state index in [4.69, 9.17) is 5.26 Å². The maximum atomic E-state index is 8.31. The summed E-state index contributed by atoms with van der Waals surface area (Å²) in [5, 5.41) is 14.2.